The number of ether oxygens (including phenoxy) is 1. The molecule has 136 valence electrons. The largest absolute Gasteiger partial charge is 0.383 e. The van der Waals surface area contributed by atoms with Crippen molar-refractivity contribution < 1.29 is 4.74 Å². The van der Waals surface area contributed by atoms with Crippen molar-refractivity contribution in [2.24, 2.45) is 4.99 Å². The Bertz CT molecular complexity index is 476. The molecule has 1 rings (SSSR count). The van der Waals surface area contributed by atoms with Crippen molar-refractivity contribution in [3.8, 4) is 0 Å². The third kappa shape index (κ3) is 8.31. The summed E-state index contributed by atoms with van der Waals surface area (Å²) in [6.45, 7) is 9.58. The van der Waals surface area contributed by atoms with E-state index in [0.29, 0.717) is 6.54 Å². The SMILES string of the molecule is CCNC(=NCc1ccccc1CC)NCCCN(C)CCOC. The van der Waals surface area contributed by atoms with E-state index in [9.17, 15) is 0 Å². The molecule has 0 spiro atoms. The summed E-state index contributed by atoms with van der Waals surface area (Å²) in [7, 11) is 3.87. The van der Waals surface area contributed by atoms with E-state index in [0.717, 1.165) is 51.6 Å². The van der Waals surface area contributed by atoms with E-state index < -0.39 is 0 Å². The van der Waals surface area contributed by atoms with Crippen LogP contribution in [0.3, 0.4) is 0 Å². The number of nitrogens with zero attached hydrogens (tertiary/aromatic N) is 2. The Labute approximate surface area is 147 Å². The highest BCUT2D eigenvalue weighted by atomic mass is 16.5. The number of rotatable bonds is 11. The fourth-order valence-corrected chi connectivity index (χ4v) is 2.48. The molecular weight excluding hydrogens is 300 g/mol. The molecule has 0 bridgehead atoms. The monoisotopic (exact) mass is 334 g/mol. The van der Waals surface area contributed by atoms with Gasteiger partial charge in [0.15, 0.2) is 5.96 Å². The molecule has 0 aromatic heterocycles. The van der Waals surface area contributed by atoms with Crippen LogP contribution in [0.5, 0.6) is 0 Å². The maximum absolute atomic E-state index is 5.10. The van der Waals surface area contributed by atoms with E-state index in [2.05, 4.69) is 60.7 Å². The number of benzene rings is 1. The van der Waals surface area contributed by atoms with Crippen LogP contribution in [0.15, 0.2) is 29.3 Å². The second-order valence-corrected chi connectivity index (χ2v) is 5.89. The molecule has 0 atom stereocenters. The first-order valence-corrected chi connectivity index (χ1v) is 8.97. The molecule has 5 heteroatoms. The van der Waals surface area contributed by atoms with Crippen LogP contribution < -0.4 is 10.6 Å². The summed E-state index contributed by atoms with van der Waals surface area (Å²) in [5, 5.41) is 6.74. The molecule has 0 aliphatic carbocycles. The van der Waals surface area contributed by atoms with Crippen LogP contribution in [0, 0.1) is 0 Å². The number of hydrogen-bond acceptors (Lipinski definition) is 3. The third-order valence-electron chi connectivity index (χ3n) is 3.94. The van der Waals surface area contributed by atoms with E-state index in [1.165, 1.54) is 11.1 Å². The van der Waals surface area contributed by atoms with Crippen LogP contribution in [0.25, 0.3) is 0 Å². The van der Waals surface area contributed by atoms with Crippen molar-refractivity contribution in [1.82, 2.24) is 15.5 Å². The molecule has 0 amide bonds. The molecule has 0 fully saturated rings. The fourth-order valence-electron chi connectivity index (χ4n) is 2.48. The minimum absolute atomic E-state index is 0.715. The summed E-state index contributed by atoms with van der Waals surface area (Å²) in [5.74, 6) is 0.892. The van der Waals surface area contributed by atoms with Gasteiger partial charge in [-0.2, -0.15) is 0 Å². The van der Waals surface area contributed by atoms with Gasteiger partial charge < -0.3 is 20.3 Å². The van der Waals surface area contributed by atoms with E-state index in [1.54, 1.807) is 7.11 Å². The lowest BCUT2D eigenvalue weighted by molar-refractivity contribution is 0.161. The average Bonchev–Trinajstić information content (AvgIpc) is 2.61. The van der Waals surface area contributed by atoms with Gasteiger partial charge in [-0.3, -0.25) is 0 Å². The number of aliphatic imine (C=N–C) groups is 1. The zero-order valence-electron chi connectivity index (χ0n) is 15.8. The first kappa shape index (κ1) is 20.5. The lowest BCUT2D eigenvalue weighted by Gasteiger charge is -2.17. The first-order chi connectivity index (χ1) is 11.7. The molecule has 0 aliphatic heterocycles. The van der Waals surface area contributed by atoms with Gasteiger partial charge in [0.2, 0.25) is 0 Å². The van der Waals surface area contributed by atoms with Crippen molar-refractivity contribution in [2.45, 2.75) is 33.2 Å². The van der Waals surface area contributed by atoms with Gasteiger partial charge in [-0.25, -0.2) is 4.99 Å². The minimum Gasteiger partial charge on any atom is -0.383 e. The highest BCUT2D eigenvalue weighted by Gasteiger charge is 2.02. The molecule has 0 radical (unpaired) electrons. The normalized spacial score (nSPS) is 11.8. The molecule has 5 nitrogen and oxygen atoms in total. The molecule has 24 heavy (non-hydrogen) atoms. The lowest BCUT2D eigenvalue weighted by Crippen LogP contribution is -2.38. The van der Waals surface area contributed by atoms with Crippen molar-refractivity contribution in [3.63, 3.8) is 0 Å². The highest BCUT2D eigenvalue weighted by molar-refractivity contribution is 5.79. The Balaban J connectivity index is 2.42. The van der Waals surface area contributed by atoms with Gasteiger partial charge in [-0.05, 0) is 44.5 Å². The molecular formula is C19H34N4O. The number of aryl methyl sites for hydroxylation is 1. The Morgan fingerprint density at radius 1 is 1.12 bits per heavy atom. The number of hydrogen-bond donors (Lipinski definition) is 2. The molecule has 0 aliphatic rings. The molecule has 1 aromatic carbocycles. The predicted molar refractivity (Wildman–Crippen MR) is 103 cm³/mol. The average molecular weight is 335 g/mol. The maximum Gasteiger partial charge on any atom is 0.191 e. The van der Waals surface area contributed by atoms with Crippen LogP contribution in [0.1, 0.15) is 31.4 Å². The summed E-state index contributed by atoms with van der Waals surface area (Å²) < 4.78 is 5.10. The highest BCUT2D eigenvalue weighted by Crippen LogP contribution is 2.10. The fraction of sp³-hybridized carbons (Fsp3) is 0.632. The Morgan fingerprint density at radius 2 is 1.88 bits per heavy atom. The zero-order chi connectivity index (χ0) is 17.6. The summed E-state index contributed by atoms with van der Waals surface area (Å²) in [5.41, 5.74) is 2.67. The predicted octanol–water partition coefficient (Wildman–Crippen LogP) is 2.27. The quantitative estimate of drug-likeness (QED) is 0.370. The summed E-state index contributed by atoms with van der Waals surface area (Å²) in [6, 6.07) is 8.52. The first-order valence-electron chi connectivity index (χ1n) is 8.97. The van der Waals surface area contributed by atoms with Crippen LogP contribution in [0.2, 0.25) is 0 Å². The molecule has 0 saturated carbocycles. The summed E-state index contributed by atoms with van der Waals surface area (Å²) in [4.78, 5) is 7.00. The van der Waals surface area contributed by atoms with Gasteiger partial charge in [0.1, 0.15) is 0 Å². The number of nitrogens with one attached hydrogen (secondary N) is 2. The standard InChI is InChI=1S/C19H34N4O/c1-5-17-10-7-8-11-18(17)16-22-19(20-6-2)21-12-9-13-23(3)14-15-24-4/h7-8,10-11H,5-6,9,12-16H2,1-4H3,(H2,20,21,22). The van der Waals surface area contributed by atoms with Crippen molar-refractivity contribution >= 4 is 5.96 Å². The van der Waals surface area contributed by atoms with Crippen LogP contribution in [-0.2, 0) is 17.7 Å². The lowest BCUT2D eigenvalue weighted by atomic mass is 10.1. The van der Waals surface area contributed by atoms with Gasteiger partial charge in [-0.1, -0.05) is 31.2 Å². The Kier molecular flexibility index (Phi) is 10.9. The zero-order valence-corrected chi connectivity index (χ0v) is 15.8. The van der Waals surface area contributed by atoms with Crippen molar-refractivity contribution in [1.29, 1.82) is 0 Å². The maximum atomic E-state index is 5.10. The molecule has 0 unspecified atom stereocenters. The smallest absolute Gasteiger partial charge is 0.191 e. The third-order valence-corrected chi connectivity index (χ3v) is 3.94. The Hall–Kier alpha value is -1.59. The molecule has 2 N–H and O–H groups in total. The van der Waals surface area contributed by atoms with Gasteiger partial charge >= 0.3 is 0 Å². The second-order valence-electron chi connectivity index (χ2n) is 5.89. The Morgan fingerprint density at radius 3 is 2.54 bits per heavy atom. The number of methoxy groups -OCH3 is 1. The molecule has 0 heterocycles. The van der Waals surface area contributed by atoms with Gasteiger partial charge in [0.05, 0.1) is 13.2 Å². The number of guanidine groups is 1. The summed E-state index contributed by atoms with van der Waals surface area (Å²) in [6.07, 6.45) is 2.12. The van der Waals surface area contributed by atoms with Crippen LogP contribution >= 0.6 is 0 Å². The number of likely N-dealkylation sites (N-methyl/N-ethyl adjacent to an activating group) is 1. The molecule has 1 aromatic rings. The van der Waals surface area contributed by atoms with E-state index in [4.69, 9.17) is 9.73 Å². The van der Waals surface area contributed by atoms with Gasteiger partial charge in [0, 0.05) is 26.7 Å². The van der Waals surface area contributed by atoms with E-state index in [-0.39, 0.29) is 0 Å². The van der Waals surface area contributed by atoms with Crippen LogP contribution in [-0.4, -0.2) is 57.8 Å². The second kappa shape index (κ2) is 12.8. The van der Waals surface area contributed by atoms with E-state index in [1.807, 2.05) is 0 Å². The summed E-state index contributed by atoms with van der Waals surface area (Å²) >= 11 is 0. The van der Waals surface area contributed by atoms with Crippen molar-refractivity contribution in [2.75, 3.05) is 46.9 Å². The van der Waals surface area contributed by atoms with Gasteiger partial charge in [0.25, 0.3) is 0 Å². The molecule has 0 saturated heterocycles. The van der Waals surface area contributed by atoms with Gasteiger partial charge in [-0.15, -0.1) is 0 Å². The van der Waals surface area contributed by atoms with Crippen molar-refractivity contribution in [3.05, 3.63) is 35.4 Å². The van der Waals surface area contributed by atoms with Crippen LogP contribution in [0.4, 0.5) is 0 Å². The van der Waals surface area contributed by atoms with E-state index >= 15 is 0 Å². The minimum atomic E-state index is 0.715. The topological polar surface area (TPSA) is 48.9 Å².